The van der Waals surface area contributed by atoms with E-state index in [4.69, 9.17) is 4.74 Å². The van der Waals surface area contributed by atoms with Crippen LogP contribution >= 0.6 is 0 Å². The highest BCUT2D eigenvalue weighted by atomic mass is 16.5. The quantitative estimate of drug-likeness (QED) is 0.675. The van der Waals surface area contributed by atoms with Crippen LogP contribution in [0.2, 0.25) is 0 Å². The van der Waals surface area contributed by atoms with E-state index in [0.717, 1.165) is 28.3 Å². The number of pyridine rings is 1. The SMILES string of the molecule is c1ccc(-c2ncc3c(n2)-c2ccccc2OC3)nc1. The third kappa shape index (κ3) is 1.73. The molecule has 0 fully saturated rings. The molecule has 1 aromatic carbocycles. The Morgan fingerprint density at radius 2 is 1.85 bits per heavy atom. The van der Waals surface area contributed by atoms with Gasteiger partial charge in [-0.1, -0.05) is 18.2 Å². The van der Waals surface area contributed by atoms with Crippen molar-refractivity contribution >= 4 is 0 Å². The number of nitrogens with zero attached hydrogens (tertiary/aromatic N) is 3. The molecule has 0 radical (unpaired) electrons. The summed E-state index contributed by atoms with van der Waals surface area (Å²) in [5.74, 6) is 1.51. The van der Waals surface area contributed by atoms with Gasteiger partial charge in [-0.25, -0.2) is 9.97 Å². The molecule has 0 bridgehead atoms. The lowest BCUT2D eigenvalue weighted by Gasteiger charge is -2.19. The fourth-order valence-corrected chi connectivity index (χ4v) is 2.31. The molecule has 0 unspecified atom stereocenters. The molecule has 0 atom stereocenters. The largest absolute Gasteiger partial charge is 0.488 e. The minimum atomic E-state index is 0.509. The first kappa shape index (κ1) is 11.1. The number of hydrogen-bond donors (Lipinski definition) is 0. The predicted octanol–water partition coefficient (Wildman–Crippen LogP) is 3.10. The van der Waals surface area contributed by atoms with Crippen molar-refractivity contribution < 1.29 is 4.74 Å². The highest BCUT2D eigenvalue weighted by molar-refractivity contribution is 5.72. The number of ether oxygens (including phenoxy) is 1. The molecule has 2 aromatic heterocycles. The molecular formula is C16H11N3O. The molecule has 1 aliphatic rings. The van der Waals surface area contributed by atoms with E-state index in [-0.39, 0.29) is 0 Å². The first-order valence-electron chi connectivity index (χ1n) is 6.41. The summed E-state index contributed by atoms with van der Waals surface area (Å²) in [5.41, 5.74) is 3.72. The molecule has 20 heavy (non-hydrogen) atoms. The van der Waals surface area contributed by atoms with E-state index >= 15 is 0 Å². The molecule has 3 aromatic rings. The number of fused-ring (bicyclic) bond motifs is 3. The number of para-hydroxylation sites is 1. The lowest BCUT2D eigenvalue weighted by atomic mass is 10.0. The summed E-state index contributed by atoms with van der Waals surface area (Å²) < 4.78 is 5.70. The molecule has 96 valence electrons. The zero-order valence-corrected chi connectivity index (χ0v) is 10.7. The van der Waals surface area contributed by atoms with Gasteiger partial charge >= 0.3 is 0 Å². The lowest BCUT2D eigenvalue weighted by molar-refractivity contribution is 0.301. The van der Waals surface area contributed by atoms with Crippen LogP contribution in [0.5, 0.6) is 5.75 Å². The van der Waals surface area contributed by atoms with Gasteiger partial charge in [-0.05, 0) is 24.3 Å². The molecule has 0 aliphatic carbocycles. The normalized spacial score (nSPS) is 12.2. The van der Waals surface area contributed by atoms with E-state index in [1.165, 1.54) is 0 Å². The maximum absolute atomic E-state index is 5.70. The van der Waals surface area contributed by atoms with Crippen LogP contribution < -0.4 is 4.74 Å². The summed E-state index contributed by atoms with van der Waals surface area (Å²) in [6.45, 7) is 0.509. The molecule has 4 heteroatoms. The molecule has 0 spiro atoms. The van der Waals surface area contributed by atoms with E-state index in [1.807, 2.05) is 48.7 Å². The maximum Gasteiger partial charge on any atom is 0.178 e. The summed E-state index contributed by atoms with van der Waals surface area (Å²) >= 11 is 0. The third-order valence-electron chi connectivity index (χ3n) is 3.28. The summed E-state index contributed by atoms with van der Waals surface area (Å²) in [7, 11) is 0. The average molecular weight is 261 g/mol. The van der Waals surface area contributed by atoms with Crippen LogP contribution in [0.4, 0.5) is 0 Å². The topological polar surface area (TPSA) is 47.9 Å². The third-order valence-corrected chi connectivity index (χ3v) is 3.28. The Bertz CT molecular complexity index is 772. The lowest BCUT2D eigenvalue weighted by Crippen LogP contribution is -2.08. The molecule has 3 heterocycles. The van der Waals surface area contributed by atoms with Gasteiger partial charge in [0.1, 0.15) is 18.1 Å². The van der Waals surface area contributed by atoms with Gasteiger partial charge in [-0.2, -0.15) is 0 Å². The Kier molecular flexibility index (Phi) is 2.45. The summed E-state index contributed by atoms with van der Waals surface area (Å²) in [6, 6.07) is 13.6. The van der Waals surface area contributed by atoms with Gasteiger partial charge in [-0.15, -0.1) is 0 Å². The van der Waals surface area contributed by atoms with Gasteiger partial charge in [0.15, 0.2) is 5.82 Å². The highest BCUT2D eigenvalue weighted by Gasteiger charge is 2.19. The van der Waals surface area contributed by atoms with Gasteiger partial charge in [0.05, 0.1) is 5.69 Å². The van der Waals surface area contributed by atoms with Crippen LogP contribution in [0.25, 0.3) is 22.8 Å². The van der Waals surface area contributed by atoms with E-state index in [0.29, 0.717) is 12.4 Å². The highest BCUT2D eigenvalue weighted by Crippen LogP contribution is 2.36. The Morgan fingerprint density at radius 1 is 0.950 bits per heavy atom. The first-order valence-corrected chi connectivity index (χ1v) is 6.41. The van der Waals surface area contributed by atoms with Crippen molar-refractivity contribution in [1.82, 2.24) is 15.0 Å². The summed E-state index contributed by atoms with van der Waals surface area (Å²) in [6.07, 6.45) is 3.57. The first-order chi connectivity index (χ1) is 9.92. The fourth-order valence-electron chi connectivity index (χ4n) is 2.31. The Balaban J connectivity index is 1.90. The number of aromatic nitrogens is 3. The Labute approximate surface area is 116 Å². The Hall–Kier alpha value is -2.75. The van der Waals surface area contributed by atoms with E-state index in [1.54, 1.807) is 6.20 Å². The minimum Gasteiger partial charge on any atom is -0.488 e. The van der Waals surface area contributed by atoms with Crippen LogP contribution in [0.15, 0.2) is 54.9 Å². The van der Waals surface area contributed by atoms with Crippen molar-refractivity contribution in [3.8, 4) is 28.5 Å². The van der Waals surface area contributed by atoms with Gasteiger partial charge < -0.3 is 4.74 Å². The van der Waals surface area contributed by atoms with E-state index in [9.17, 15) is 0 Å². The minimum absolute atomic E-state index is 0.509. The van der Waals surface area contributed by atoms with Gasteiger partial charge in [-0.3, -0.25) is 4.98 Å². The second-order valence-electron chi connectivity index (χ2n) is 4.57. The molecule has 0 saturated carbocycles. The smallest absolute Gasteiger partial charge is 0.178 e. The monoisotopic (exact) mass is 261 g/mol. The van der Waals surface area contributed by atoms with Crippen LogP contribution in [0.3, 0.4) is 0 Å². The van der Waals surface area contributed by atoms with Crippen LogP contribution in [0.1, 0.15) is 5.56 Å². The number of rotatable bonds is 1. The van der Waals surface area contributed by atoms with Crippen LogP contribution in [0, 0.1) is 0 Å². The fraction of sp³-hybridized carbons (Fsp3) is 0.0625. The predicted molar refractivity (Wildman–Crippen MR) is 75.0 cm³/mol. The Morgan fingerprint density at radius 3 is 2.75 bits per heavy atom. The van der Waals surface area contributed by atoms with Crippen molar-refractivity contribution in [2.45, 2.75) is 6.61 Å². The molecule has 0 saturated heterocycles. The zero-order valence-electron chi connectivity index (χ0n) is 10.7. The second-order valence-corrected chi connectivity index (χ2v) is 4.57. The van der Waals surface area contributed by atoms with Gasteiger partial charge in [0, 0.05) is 23.5 Å². The van der Waals surface area contributed by atoms with Gasteiger partial charge in [0.25, 0.3) is 0 Å². The molecule has 1 aliphatic heterocycles. The summed E-state index contributed by atoms with van der Waals surface area (Å²) in [4.78, 5) is 13.4. The van der Waals surface area contributed by atoms with Crippen molar-refractivity contribution in [2.24, 2.45) is 0 Å². The van der Waals surface area contributed by atoms with E-state index in [2.05, 4.69) is 15.0 Å². The maximum atomic E-state index is 5.70. The summed E-state index contributed by atoms with van der Waals surface area (Å²) in [5, 5.41) is 0. The van der Waals surface area contributed by atoms with E-state index < -0.39 is 0 Å². The number of benzene rings is 1. The average Bonchev–Trinajstić information content (AvgIpc) is 2.55. The molecule has 0 N–H and O–H groups in total. The second kappa shape index (κ2) is 4.42. The standard InChI is InChI=1S/C16H11N3O/c1-2-7-14-12(5-1)15-11(10-20-14)9-18-16(19-15)13-6-3-4-8-17-13/h1-9H,10H2. The molecule has 4 nitrogen and oxygen atoms in total. The van der Waals surface area contributed by atoms with Crippen molar-refractivity contribution in [1.29, 1.82) is 0 Å². The number of hydrogen-bond acceptors (Lipinski definition) is 4. The van der Waals surface area contributed by atoms with Crippen molar-refractivity contribution in [2.75, 3.05) is 0 Å². The van der Waals surface area contributed by atoms with Crippen molar-refractivity contribution in [3.63, 3.8) is 0 Å². The zero-order chi connectivity index (χ0) is 13.4. The molecule has 0 amide bonds. The molecular weight excluding hydrogens is 250 g/mol. The molecule has 4 rings (SSSR count). The van der Waals surface area contributed by atoms with Gasteiger partial charge in [0.2, 0.25) is 0 Å². The van der Waals surface area contributed by atoms with Crippen LogP contribution in [-0.4, -0.2) is 15.0 Å². The van der Waals surface area contributed by atoms with Crippen molar-refractivity contribution in [3.05, 3.63) is 60.4 Å². The van der Waals surface area contributed by atoms with Crippen LogP contribution in [-0.2, 0) is 6.61 Å².